The van der Waals surface area contributed by atoms with E-state index in [9.17, 15) is 8.42 Å². The number of nitrogens with zero attached hydrogens (tertiary/aromatic N) is 1. The van der Waals surface area contributed by atoms with Crippen molar-refractivity contribution in [3.8, 4) is 5.75 Å². The second-order valence-corrected chi connectivity index (χ2v) is 8.00. The first-order valence-corrected chi connectivity index (χ1v) is 9.08. The van der Waals surface area contributed by atoms with Crippen molar-refractivity contribution >= 4 is 33.2 Å². The van der Waals surface area contributed by atoms with Crippen LogP contribution >= 0.6 is 23.2 Å². The first kappa shape index (κ1) is 16.9. The topological polar surface area (TPSA) is 46.6 Å². The Morgan fingerprint density at radius 2 is 2.05 bits per heavy atom. The van der Waals surface area contributed by atoms with Gasteiger partial charge in [0.15, 0.2) is 0 Å². The van der Waals surface area contributed by atoms with Crippen LogP contribution in [-0.4, -0.2) is 32.9 Å². The molecular weight excluding hydrogens is 333 g/mol. The maximum atomic E-state index is 12.9. The van der Waals surface area contributed by atoms with Crippen molar-refractivity contribution in [1.29, 1.82) is 0 Å². The summed E-state index contributed by atoms with van der Waals surface area (Å²) in [6.45, 7) is 1.93. The smallest absolute Gasteiger partial charge is 0.246 e. The highest BCUT2D eigenvalue weighted by Crippen LogP contribution is 2.39. The van der Waals surface area contributed by atoms with E-state index in [2.05, 4.69) is 0 Å². The van der Waals surface area contributed by atoms with Crippen LogP contribution in [0, 0.1) is 5.92 Å². The van der Waals surface area contributed by atoms with Crippen LogP contribution in [0.3, 0.4) is 0 Å². The van der Waals surface area contributed by atoms with E-state index in [0.717, 1.165) is 12.8 Å². The molecule has 4 nitrogen and oxygen atoms in total. The third-order valence-electron chi connectivity index (χ3n) is 3.98. The Bertz CT molecular complexity index is 629. The van der Waals surface area contributed by atoms with Crippen LogP contribution in [0.15, 0.2) is 17.0 Å². The van der Waals surface area contributed by atoms with Crippen LogP contribution in [0.1, 0.15) is 25.3 Å². The first-order chi connectivity index (χ1) is 9.82. The summed E-state index contributed by atoms with van der Waals surface area (Å²) < 4.78 is 32.4. The molecule has 21 heavy (non-hydrogen) atoms. The highest BCUT2D eigenvalue weighted by atomic mass is 35.5. The first-order valence-electron chi connectivity index (χ1n) is 6.73. The zero-order chi connectivity index (χ0) is 15.8. The summed E-state index contributed by atoms with van der Waals surface area (Å²) in [4.78, 5) is 0.0724. The van der Waals surface area contributed by atoms with Gasteiger partial charge in [-0.3, -0.25) is 0 Å². The second-order valence-electron chi connectivity index (χ2n) is 5.33. The Hall–Kier alpha value is -0.490. The lowest BCUT2D eigenvalue weighted by Crippen LogP contribution is -2.36. The molecule has 0 bridgehead atoms. The molecule has 0 saturated heterocycles. The number of rotatable bonds is 6. The largest absolute Gasteiger partial charge is 0.495 e. The highest BCUT2D eigenvalue weighted by molar-refractivity contribution is 7.89. The Morgan fingerprint density at radius 1 is 1.43 bits per heavy atom. The van der Waals surface area contributed by atoms with Crippen LogP contribution in [0.4, 0.5) is 0 Å². The molecule has 0 spiro atoms. The fraction of sp³-hybridized carbons (Fsp3) is 0.571. The minimum absolute atomic E-state index is 0.0434. The molecule has 1 aliphatic rings. The van der Waals surface area contributed by atoms with Crippen molar-refractivity contribution in [2.75, 3.05) is 14.2 Å². The van der Waals surface area contributed by atoms with Gasteiger partial charge in [0.2, 0.25) is 10.0 Å². The lowest BCUT2D eigenvalue weighted by atomic mass is 10.2. The van der Waals surface area contributed by atoms with Crippen molar-refractivity contribution in [3.05, 3.63) is 22.7 Å². The van der Waals surface area contributed by atoms with Gasteiger partial charge in [0.1, 0.15) is 10.6 Å². The summed E-state index contributed by atoms with van der Waals surface area (Å²) in [7, 11) is -0.646. The fourth-order valence-electron chi connectivity index (χ4n) is 2.39. The molecule has 7 heteroatoms. The molecule has 1 aliphatic carbocycles. The fourth-order valence-corrected chi connectivity index (χ4v) is 4.54. The molecule has 1 unspecified atom stereocenters. The van der Waals surface area contributed by atoms with Crippen molar-refractivity contribution in [2.24, 2.45) is 5.92 Å². The molecule has 2 rings (SSSR count). The van der Waals surface area contributed by atoms with Crippen molar-refractivity contribution in [2.45, 2.75) is 36.6 Å². The molecule has 1 saturated carbocycles. The maximum Gasteiger partial charge on any atom is 0.246 e. The normalized spacial score (nSPS) is 17.0. The Balaban J connectivity index is 2.50. The van der Waals surface area contributed by atoms with Crippen molar-refractivity contribution < 1.29 is 13.2 Å². The van der Waals surface area contributed by atoms with Gasteiger partial charge in [-0.25, -0.2) is 8.42 Å². The number of alkyl halides is 1. The van der Waals surface area contributed by atoms with Gasteiger partial charge >= 0.3 is 0 Å². The van der Waals surface area contributed by atoms with E-state index in [-0.39, 0.29) is 22.6 Å². The van der Waals surface area contributed by atoms with Crippen LogP contribution < -0.4 is 4.74 Å². The van der Waals surface area contributed by atoms with Gasteiger partial charge in [0.05, 0.1) is 13.0 Å². The van der Waals surface area contributed by atoms with Gasteiger partial charge in [0.25, 0.3) is 0 Å². The summed E-state index contributed by atoms with van der Waals surface area (Å²) in [6.07, 6.45) is 2.14. The lowest BCUT2D eigenvalue weighted by molar-refractivity contribution is 0.351. The zero-order valence-corrected chi connectivity index (χ0v) is 14.6. The molecule has 1 aromatic carbocycles. The minimum Gasteiger partial charge on any atom is -0.495 e. The van der Waals surface area contributed by atoms with E-state index in [4.69, 9.17) is 27.9 Å². The molecule has 1 atom stereocenters. The maximum absolute atomic E-state index is 12.9. The summed E-state index contributed by atoms with van der Waals surface area (Å²) >= 11 is 11.9. The molecule has 0 N–H and O–H groups in total. The molecule has 0 aliphatic heterocycles. The quantitative estimate of drug-likeness (QED) is 0.736. The SMILES string of the molecule is COc1c(CCl)cc(Cl)cc1S(=O)(=O)N(C)C(C)C1CC1. The molecule has 1 aromatic rings. The van der Waals surface area contributed by atoms with E-state index in [0.29, 0.717) is 16.5 Å². The Labute approximate surface area is 136 Å². The third-order valence-corrected chi connectivity index (χ3v) is 6.44. The van der Waals surface area contributed by atoms with Gasteiger partial charge in [-0.2, -0.15) is 4.31 Å². The number of hydrogen-bond donors (Lipinski definition) is 0. The predicted octanol–water partition coefficient (Wildman–Crippen LogP) is 3.51. The lowest BCUT2D eigenvalue weighted by Gasteiger charge is -2.25. The minimum atomic E-state index is -3.68. The molecule has 0 amide bonds. The highest BCUT2D eigenvalue weighted by Gasteiger charge is 2.37. The zero-order valence-electron chi connectivity index (χ0n) is 12.3. The van der Waals surface area contributed by atoms with Gasteiger partial charge in [-0.15, -0.1) is 11.6 Å². The summed E-state index contributed by atoms with van der Waals surface area (Å²) in [5.74, 6) is 0.834. The van der Waals surface area contributed by atoms with Crippen LogP contribution in [0.5, 0.6) is 5.75 Å². The number of methoxy groups -OCH3 is 1. The van der Waals surface area contributed by atoms with E-state index in [1.807, 2.05) is 6.92 Å². The summed E-state index contributed by atoms with van der Waals surface area (Å²) in [6, 6.07) is 3.00. The van der Waals surface area contributed by atoms with Gasteiger partial charge < -0.3 is 4.74 Å². The van der Waals surface area contributed by atoms with Gasteiger partial charge in [0, 0.05) is 23.7 Å². The Morgan fingerprint density at radius 3 is 2.52 bits per heavy atom. The molecule has 1 fully saturated rings. The number of halogens is 2. The third kappa shape index (κ3) is 3.31. The van der Waals surface area contributed by atoms with Gasteiger partial charge in [-0.1, -0.05) is 11.6 Å². The molecule has 0 heterocycles. The molecule has 0 radical (unpaired) electrons. The number of benzene rings is 1. The van der Waals surface area contributed by atoms with Crippen molar-refractivity contribution in [3.63, 3.8) is 0 Å². The number of ether oxygens (including phenoxy) is 1. The molecule has 118 valence electrons. The predicted molar refractivity (Wildman–Crippen MR) is 84.7 cm³/mol. The Kier molecular flexibility index (Phi) is 5.08. The van der Waals surface area contributed by atoms with Crippen LogP contribution in [-0.2, 0) is 15.9 Å². The van der Waals surface area contributed by atoms with Crippen LogP contribution in [0.2, 0.25) is 5.02 Å². The van der Waals surface area contributed by atoms with Crippen LogP contribution in [0.25, 0.3) is 0 Å². The van der Waals surface area contributed by atoms with Crippen molar-refractivity contribution in [1.82, 2.24) is 4.31 Å². The molecule has 0 aromatic heterocycles. The standard InChI is InChI=1S/C14H19Cl2NO3S/c1-9(10-4-5-10)17(2)21(18,19)13-7-12(16)6-11(8-15)14(13)20-3/h6-7,9-10H,4-5,8H2,1-3H3. The summed E-state index contributed by atoms with van der Waals surface area (Å²) in [5.41, 5.74) is 0.567. The van der Waals surface area contributed by atoms with E-state index >= 15 is 0 Å². The number of sulfonamides is 1. The second kappa shape index (κ2) is 6.32. The van der Waals surface area contributed by atoms with E-state index < -0.39 is 10.0 Å². The average molecular weight is 352 g/mol. The monoisotopic (exact) mass is 351 g/mol. The summed E-state index contributed by atoms with van der Waals surface area (Å²) in [5, 5.41) is 0.331. The van der Waals surface area contributed by atoms with Gasteiger partial charge in [-0.05, 0) is 37.8 Å². The van der Waals surface area contributed by atoms with E-state index in [1.165, 1.54) is 17.5 Å². The van der Waals surface area contributed by atoms with E-state index in [1.54, 1.807) is 13.1 Å². The molecular formula is C14H19Cl2NO3S. The average Bonchev–Trinajstić information content (AvgIpc) is 3.29. The number of hydrogen-bond acceptors (Lipinski definition) is 3.